The number of methoxy groups -OCH3 is 1. The molecule has 0 saturated carbocycles. The number of likely N-dealkylation sites (N-methyl/N-ethyl adjacent to an activating group) is 1. The van der Waals surface area contributed by atoms with Crippen molar-refractivity contribution in [2.24, 2.45) is 0 Å². The van der Waals surface area contributed by atoms with Crippen LogP contribution in [0.5, 0.6) is 5.75 Å². The summed E-state index contributed by atoms with van der Waals surface area (Å²) in [6.07, 6.45) is 3.97. The molecule has 198 valence electrons. The lowest BCUT2D eigenvalue weighted by Crippen LogP contribution is -2.42. The van der Waals surface area contributed by atoms with Crippen LogP contribution in [-0.2, 0) is 11.3 Å². The Kier molecular flexibility index (Phi) is 7.04. The van der Waals surface area contributed by atoms with E-state index in [0.29, 0.717) is 42.3 Å². The van der Waals surface area contributed by atoms with Crippen molar-refractivity contribution in [2.45, 2.75) is 51.4 Å². The molecule has 0 bridgehead atoms. The van der Waals surface area contributed by atoms with Crippen LogP contribution in [0.4, 0.5) is 10.2 Å². The molecule has 3 aromatic rings. The Hall–Kier alpha value is -3.24. The zero-order chi connectivity index (χ0) is 26.3. The smallest absolute Gasteiger partial charge is 0.254 e. The van der Waals surface area contributed by atoms with Gasteiger partial charge in [0.15, 0.2) is 5.82 Å². The van der Waals surface area contributed by atoms with Crippen molar-refractivity contribution in [1.29, 1.82) is 0 Å². The van der Waals surface area contributed by atoms with Gasteiger partial charge < -0.3 is 29.2 Å². The van der Waals surface area contributed by atoms with E-state index >= 15 is 4.39 Å². The number of hydrogen-bond acceptors (Lipinski definition) is 7. The zero-order valence-corrected chi connectivity index (χ0v) is 22.1. The Morgan fingerprint density at radius 3 is 2.65 bits per heavy atom. The van der Waals surface area contributed by atoms with Gasteiger partial charge in [0.2, 0.25) is 0 Å². The van der Waals surface area contributed by atoms with Crippen molar-refractivity contribution >= 4 is 22.8 Å². The van der Waals surface area contributed by atoms with E-state index < -0.39 is 11.7 Å². The fourth-order valence-corrected chi connectivity index (χ4v) is 5.60. The fourth-order valence-electron chi connectivity index (χ4n) is 5.60. The number of aromatic nitrogens is 3. The number of ether oxygens (including phenoxy) is 2. The van der Waals surface area contributed by atoms with Crippen molar-refractivity contribution < 1.29 is 18.7 Å². The first-order valence-corrected chi connectivity index (χ1v) is 12.9. The molecule has 5 rings (SSSR count). The summed E-state index contributed by atoms with van der Waals surface area (Å²) in [6.45, 7) is 7.12. The van der Waals surface area contributed by atoms with Gasteiger partial charge >= 0.3 is 0 Å². The third-order valence-electron chi connectivity index (χ3n) is 7.56. The molecular weight excluding hydrogens is 475 g/mol. The maximum absolute atomic E-state index is 15.7. The van der Waals surface area contributed by atoms with Gasteiger partial charge in [-0.3, -0.25) is 4.79 Å². The summed E-state index contributed by atoms with van der Waals surface area (Å²) in [5, 5.41) is 2.49. The van der Waals surface area contributed by atoms with Crippen LogP contribution in [0.1, 0.15) is 37.0 Å². The van der Waals surface area contributed by atoms with E-state index in [4.69, 9.17) is 19.4 Å². The molecule has 0 spiro atoms. The Morgan fingerprint density at radius 1 is 1.27 bits per heavy atom. The minimum atomic E-state index is -0.680. The number of rotatable bonds is 6. The van der Waals surface area contributed by atoms with Crippen molar-refractivity contribution in [3.05, 3.63) is 35.8 Å². The molecule has 2 fully saturated rings. The molecule has 1 aromatic carbocycles. The number of fused-ring (bicyclic) bond motifs is 1. The van der Waals surface area contributed by atoms with E-state index in [2.05, 4.69) is 36.0 Å². The van der Waals surface area contributed by atoms with Gasteiger partial charge in [-0.15, -0.1) is 0 Å². The van der Waals surface area contributed by atoms with Crippen LogP contribution in [0.15, 0.2) is 24.4 Å². The van der Waals surface area contributed by atoms with E-state index in [9.17, 15) is 4.79 Å². The third kappa shape index (κ3) is 4.64. The SMILES string of the molecule is CNC(=O)c1cc(OC)c2c(nc(-c3ccc(N4[C@@H](C)CC[C@@H]4C)nc3)n2C[C@@H]2CN(C)CCO2)c1F. The quantitative estimate of drug-likeness (QED) is 0.545. The lowest BCUT2D eigenvalue weighted by molar-refractivity contribution is -0.0267. The van der Waals surface area contributed by atoms with Gasteiger partial charge in [0.05, 0.1) is 31.9 Å². The van der Waals surface area contributed by atoms with Gasteiger partial charge in [-0.05, 0) is 51.9 Å². The number of pyridine rings is 1. The second-order valence-electron chi connectivity index (χ2n) is 10.1. The highest BCUT2D eigenvalue weighted by molar-refractivity contribution is 6.00. The molecule has 2 aromatic heterocycles. The highest BCUT2D eigenvalue weighted by Gasteiger charge is 2.30. The van der Waals surface area contributed by atoms with Crippen LogP contribution >= 0.6 is 0 Å². The van der Waals surface area contributed by atoms with E-state index in [-0.39, 0.29) is 17.2 Å². The van der Waals surface area contributed by atoms with Crippen LogP contribution in [-0.4, -0.2) is 84.4 Å². The van der Waals surface area contributed by atoms with Gasteiger partial charge in [-0.25, -0.2) is 14.4 Å². The average Bonchev–Trinajstić information content (AvgIpc) is 3.44. The summed E-state index contributed by atoms with van der Waals surface area (Å²) in [4.78, 5) is 26.4. The van der Waals surface area contributed by atoms with Gasteiger partial charge in [-0.1, -0.05) is 0 Å². The fraction of sp³-hybridized carbons (Fsp3) is 0.519. The summed E-state index contributed by atoms with van der Waals surface area (Å²) in [6, 6.07) is 6.28. The summed E-state index contributed by atoms with van der Waals surface area (Å²) >= 11 is 0. The molecule has 9 nitrogen and oxygen atoms in total. The van der Waals surface area contributed by atoms with Gasteiger partial charge in [0, 0.05) is 44.0 Å². The summed E-state index contributed by atoms with van der Waals surface area (Å²) in [5.41, 5.74) is 1.22. The first-order chi connectivity index (χ1) is 17.8. The number of halogens is 1. The third-order valence-corrected chi connectivity index (χ3v) is 7.56. The van der Waals surface area contributed by atoms with E-state index in [0.717, 1.165) is 37.3 Å². The molecule has 1 amide bonds. The zero-order valence-electron chi connectivity index (χ0n) is 22.1. The lowest BCUT2D eigenvalue weighted by Gasteiger charge is -2.31. The van der Waals surface area contributed by atoms with Crippen molar-refractivity contribution in [2.75, 3.05) is 45.8 Å². The van der Waals surface area contributed by atoms with Crippen molar-refractivity contribution in [3.63, 3.8) is 0 Å². The maximum atomic E-state index is 15.7. The maximum Gasteiger partial charge on any atom is 0.254 e. The second kappa shape index (κ2) is 10.3. The van der Waals surface area contributed by atoms with Crippen LogP contribution in [0.2, 0.25) is 0 Å². The molecule has 37 heavy (non-hydrogen) atoms. The molecular formula is C27H35FN6O3. The summed E-state index contributed by atoms with van der Waals surface area (Å²) in [5.74, 6) is 0.640. The molecule has 10 heteroatoms. The van der Waals surface area contributed by atoms with Gasteiger partial charge in [0.1, 0.15) is 28.4 Å². The topological polar surface area (TPSA) is 84.8 Å². The monoisotopic (exact) mass is 510 g/mol. The predicted molar refractivity (Wildman–Crippen MR) is 141 cm³/mol. The number of anilines is 1. The summed E-state index contributed by atoms with van der Waals surface area (Å²) < 4.78 is 29.3. The van der Waals surface area contributed by atoms with Crippen LogP contribution < -0.4 is 15.0 Å². The molecule has 0 unspecified atom stereocenters. The van der Waals surface area contributed by atoms with Crippen molar-refractivity contribution in [3.8, 4) is 17.1 Å². The number of carbonyl (C=O) groups excluding carboxylic acids is 1. The number of carbonyl (C=O) groups is 1. The van der Waals surface area contributed by atoms with E-state index in [1.54, 1.807) is 6.20 Å². The first-order valence-electron chi connectivity index (χ1n) is 12.9. The number of benzene rings is 1. The highest BCUT2D eigenvalue weighted by atomic mass is 19.1. The Balaban J connectivity index is 1.64. The van der Waals surface area contributed by atoms with E-state index in [1.807, 2.05) is 16.7 Å². The summed E-state index contributed by atoms with van der Waals surface area (Å²) in [7, 11) is 5.03. The predicted octanol–water partition coefficient (Wildman–Crippen LogP) is 3.31. The Labute approximate surface area is 216 Å². The molecule has 1 N–H and O–H groups in total. The molecule has 0 aliphatic carbocycles. The Bertz CT molecular complexity index is 1280. The number of hydrogen-bond donors (Lipinski definition) is 1. The second-order valence-corrected chi connectivity index (χ2v) is 10.1. The number of morpholine rings is 1. The molecule has 0 radical (unpaired) electrons. The number of amides is 1. The molecule has 4 heterocycles. The van der Waals surface area contributed by atoms with E-state index in [1.165, 1.54) is 20.2 Å². The largest absolute Gasteiger partial charge is 0.494 e. The van der Waals surface area contributed by atoms with Gasteiger partial charge in [-0.2, -0.15) is 0 Å². The first kappa shape index (κ1) is 25.4. The molecule has 2 aliphatic heterocycles. The standard InChI is InChI=1S/C27H35FN6O3/c1-16-6-7-17(2)34(16)22-9-8-18(13-30-22)26-31-24-23(28)20(27(35)29-3)12-21(36-5)25(24)33(26)15-19-14-32(4)10-11-37-19/h8-9,12-13,16-17,19H,6-7,10-11,14-15H2,1-5H3,(H,29,35)/t16-,17-,19-/m0/s1. The average molecular weight is 511 g/mol. The van der Waals surface area contributed by atoms with Crippen molar-refractivity contribution in [1.82, 2.24) is 24.8 Å². The van der Waals surface area contributed by atoms with Crippen LogP contribution in [0.3, 0.4) is 0 Å². The molecule has 3 atom stereocenters. The lowest BCUT2D eigenvalue weighted by atomic mass is 10.1. The van der Waals surface area contributed by atoms with Gasteiger partial charge in [0.25, 0.3) is 5.91 Å². The Morgan fingerprint density at radius 2 is 2.03 bits per heavy atom. The minimum absolute atomic E-state index is 0.0861. The molecule has 2 aliphatic rings. The number of imidazole rings is 1. The minimum Gasteiger partial charge on any atom is -0.494 e. The molecule has 2 saturated heterocycles. The van der Waals surface area contributed by atoms with Crippen LogP contribution in [0.25, 0.3) is 22.4 Å². The number of nitrogens with zero attached hydrogens (tertiary/aromatic N) is 5. The normalized spacial score (nSPS) is 22.5. The highest BCUT2D eigenvalue weighted by Crippen LogP contribution is 2.36. The van der Waals surface area contributed by atoms with Crippen LogP contribution in [0, 0.1) is 5.82 Å². The number of nitrogens with one attached hydrogen (secondary N) is 1.